The standard InChI is InChI=1S/C16H20N2O4/c1-21-13-4-2-3-12(9-13)18-8-7-17(11-15(18)19)10-14-5-6-16(20)22-14/h2-4,9,14H,5-8,10-11H2,1H3. The van der Waals surface area contributed by atoms with Gasteiger partial charge >= 0.3 is 5.97 Å². The second kappa shape index (κ2) is 6.36. The fourth-order valence-electron chi connectivity index (χ4n) is 2.93. The van der Waals surface area contributed by atoms with E-state index in [2.05, 4.69) is 4.90 Å². The lowest BCUT2D eigenvalue weighted by Crippen LogP contribution is -2.52. The highest BCUT2D eigenvalue weighted by atomic mass is 16.5. The maximum atomic E-state index is 12.4. The Hall–Kier alpha value is -2.08. The fourth-order valence-corrected chi connectivity index (χ4v) is 2.93. The summed E-state index contributed by atoms with van der Waals surface area (Å²) >= 11 is 0. The van der Waals surface area contributed by atoms with E-state index < -0.39 is 0 Å². The van der Waals surface area contributed by atoms with Gasteiger partial charge in [0.25, 0.3) is 0 Å². The largest absolute Gasteiger partial charge is 0.497 e. The number of nitrogens with zero attached hydrogens (tertiary/aromatic N) is 2. The molecule has 2 aliphatic rings. The molecule has 1 aromatic rings. The summed E-state index contributed by atoms with van der Waals surface area (Å²) in [5.74, 6) is 0.667. The molecule has 2 fully saturated rings. The molecule has 1 aromatic carbocycles. The van der Waals surface area contributed by atoms with Gasteiger partial charge in [-0.25, -0.2) is 0 Å². The number of amides is 1. The van der Waals surface area contributed by atoms with Crippen LogP contribution in [-0.4, -0.2) is 56.2 Å². The number of hydrogen-bond acceptors (Lipinski definition) is 5. The average Bonchev–Trinajstić information content (AvgIpc) is 2.92. The fraction of sp³-hybridized carbons (Fsp3) is 0.500. The Labute approximate surface area is 129 Å². The number of esters is 1. The minimum Gasteiger partial charge on any atom is -0.497 e. The van der Waals surface area contributed by atoms with Gasteiger partial charge in [0.1, 0.15) is 11.9 Å². The molecule has 1 unspecified atom stereocenters. The van der Waals surface area contributed by atoms with Crippen molar-refractivity contribution < 1.29 is 19.1 Å². The highest BCUT2D eigenvalue weighted by Crippen LogP contribution is 2.23. The Kier molecular flexibility index (Phi) is 4.29. The molecule has 2 aliphatic heterocycles. The quantitative estimate of drug-likeness (QED) is 0.778. The lowest BCUT2D eigenvalue weighted by molar-refractivity contribution is -0.142. The van der Waals surface area contributed by atoms with Crippen LogP contribution >= 0.6 is 0 Å². The lowest BCUT2D eigenvalue weighted by atomic mass is 10.2. The first-order valence-corrected chi connectivity index (χ1v) is 7.52. The van der Waals surface area contributed by atoms with E-state index in [4.69, 9.17) is 9.47 Å². The van der Waals surface area contributed by atoms with Crippen LogP contribution in [0.5, 0.6) is 5.75 Å². The van der Waals surface area contributed by atoms with Crippen molar-refractivity contribution in [3.05, 3.63) is 24.3 Å². The van der Waals surface area contributed by atoms with Crippen molar-refractivity contribution in [2.45, 2.75) is 18.9 Å². The van der Waals surface area contributed by atoms with Crippen molar-refractivity contribution in [1.29, 1.82) is 0 Å². The Morgan fingerprint density at radius 1 is 1.32 bits per heavy atom. The van der Waals surface area contributed by atoms with Crippen molar-refractivity contribution in [3.63, 3.8) is 0 Å². The molecule has 6 nitrogen and oxygen atoms in total. The Morgan fingerprint density at radius 3 is 2.86 bits per heavy atom. The first-order chi connectivity index (χ1) is 10.7. The summed E-state index contributed by atoms with van der Waals surface area (Å²) in [6.45, 7) is 2.40. The molecule has 6 heteroatoms. The third kappa shape index (κ3) is 3.22. The predicted molar refractivity (Wildman–Crippen MR) is 80.9 cm³/mol. The van der Waals surface area contributed by atoms with Gasteiger partial charge in [-0.3, -0.25) is 14.5 Å². The minimum atomic E-state index is -0.133. The summed E-state index contributed by atoms with van der Waals surface area (Å²) in [6, 6.07) is 7.52. The lowest BCUT2D eigenvalue weighted by Gasteiger charge is -2.35. The van der Waals surface area contributed by atoms with Crippen LogP contribution in [0.25, 0.3) is 0 Å². The van der Waals surface area contributed by atoms with Crippen LogP contribution in [0.1, 0.15) is 12.8 Å². The van der Waals surface area contributed by atoms with E-state index in [1.807, 2.05) is 24.3 Å². The molecular weight excluding hydrogens is 284 g/mol. The van der Waals surface area contributed by atoms with Gasteiger partial charge in [0.15, 0.2) is 0 Å². The zero-order valence-corrected chi connectivity index (χ0v) is 12.7. The molecular formula is C16H20N2O4. The van der Waals surface area contributed by atoms with Crippen LogP contribution in [0.15, 0.2) is 24.3 Å². The molecule has 0 N–H and O–H groups in total. The van der Waals surface area contributed by atoms with Crippen LogP contribution in [0.3, 0.4) is 0 Å². The highest BCUT2D eigenvalue weighted by molar-refractivity contribution is 5.95. The zero-order chi connectivity index (χ0) is 15.5. The molecule has 118 valence electrons. The number of piperazine rings is 1. The van der Waals surface area contributed by atoms with Crippen LogP contribution < -0.4 is 9.64 Å². The maximum absolute atomic E-state index is 12.4. The van der Waals surface area contributed by atoms with Crippen LogP contribution in [0, 0.1) is 0 Å². The molecule has 0 aliphatic carbocycles. The topological polar surface area (TPSA) is 59.1 Å². The van der Waals surface area contributed by atoms with E-state index >= 15 is 0 Å². The van der Waals surface area contributed by atoms with E-state index in [1.165, 1.54) is 0 Å². The van der Waals surface area contributed by atoms with Crippen LogP contribution in [0.4, 0.5) is 5.69 Å². The van der Waals surface area contributed by atoms with E-state index in [0.29, 0.717) is 26.1 Å². The molecule has 2 saturated heterocycles. The molecule has 1 amide bonds. The summed E-state index contributed by atoms with van der Waals surface area (Å²) in [7, 11) is 1.61. The predicted octanol–water partition coefficient (Wildman–Crippen LogP) is 1.05. The minimum absolute atomic E-state index is 0.0591. The van der Waals surface area contributed by atoms with Crippen molar-refractivity contribution in [2.75, 3.05) is 38.2 Å². The number of carbonyl (C=O) groups excluding carboxylic acids is 2. The van der Waals surface area contributed by atoms with Crippen LogP contribution in [-0.2, 0) is 14.3 Å². The Morgan fingerprint density at radius 2 is 2.18 bits per heavy atom. The summed E-state index contributed by atoms with van der Waals surface area (Å²) in [6.07, 6.45) is 1.18. The molecule has 22 heavy (non-hydrogen) atoms. The van der Waals surface area contributed by atoms with Gasteiger partial charge in [-0.05, 0) is 18.6 Å². The Balaban J connectivity index is 1.60. The summed E-state index contributed by atoms with van der Waals surface area (Å²) in [5.41, 5.74) is 0.858. The molecule has 1 atom stereocenters. The van der Waals surface area contributed by atoms with Gasteiger partial charge in [0.2, 0.25) is 5.91 Å². The number of methoxy groups -OCH3 is 1. The van der Waals surface area contributed by atoms with Gasteiger partial charge in [0.05, 0.1) is 13.7 Å². The Bertz CT molecular complexity index is 575. The summed E-state index contributed by atoms with van der Waals surface area (Å²) < 4.78 is 10.4. The normalized spacial score (nSPS) is 22.8. The molecule has 2 heterocycles. The van der Waals surface area contributed by atoms with Crippen LogP contribution in [0.2, 0.25) is 0 Å². The van der Waals surface area contributed by atoms with Gasteiger partial charge in [-0.1, -0.05) is 6.07 Å². The third-order valence-electron chi connectivity index (χ3n) is 4.10. The van der Waals surface area contributed by atoms with Crippen molar-refractivity contribution in [3.8, 4) is 5.75 Å². The first-order valence-electron chi connectivity index (χ1n) is 7.52. The smallest absolute Gasteiger partial charge is 0.306 e. The second-order valence-corrected chi connectivity index (χ2v) is 5.63. The molecule has 0 bridgehead atoms. The monoisotopic (exact) mass is 304 g/mol. The second-order valence-electron chi connectivity index (χ2n) is 5.63. The molecule has 0 aromatic heterocycles. The van der Waals surface area contributed by atoms with Crippen molar-refractivity contribution >= 4 is 17.6 Å². The summed E-state index contributed by atoms with van der Waals surface area (Å²) in [5, 5.41) is 0. The first kappa shape index (κ1) is 14.8. The highest BCUT2D eigenvalue weighted by Gasteiger charge is 2.30. The zero-order valence-electron chi connectivity index (χ0n) is 12.7. The number of carbonyl (C=O) groups is 2. The van der Waals surface area contributed by atoms with Crippen molar-refractivity contribution in [1.82, 2.24) is 4.90 Å². The SMILES string of the molecule is COc1cccc(N2CCN(CC3CCC(=O)O3)CC2=O)c1. The molecule has 0 saturated carbocycles. The van der Waals surface area contributed by atoms with Gasteiger partial charge < -0.3 is 14.4 Å². The number of cyclic esters (lactones) is 1. The number of rotatable bonds is 4. The van der Waals surface area contributed by atoms with Gasteiger partial charge in [-0.2, -0.15) is 0 Å². The summed E-state index contributed by atoms with van der Waals surface area (Å²) in [4.78, 5) is 27.3. The van der Waals surface area contributed by atoms with E-state index in [-0.39, 0.29) is 18.0 Å². The molecule has 0 radical (unpaired) electrons. The van der Waals surface area contributed by atoms with E-state index in [9.17, 15) is 9.59 Å². The number of hydrogen-bond donors (Lipinski definition) is 0. The average molecular weight is 304 g/mol. The number of anilines is 1. The van der Waals surface area contributed by atoms with E-state index in [1.54, 1.807) is 12.0 Å². The maximum Gasteiger partial charge on any atom is 0.306 e. The van der Waals surface area contributed by atoms with Crippen molar-refractivity contribution in [2.24, 2.45) is 0 Å². The molecule has 0 spiro atoms. The van der Waals surface area contributed by atoms with Gasteiger partial charge in [0, 0.05) is 37.8 Å². The van der Waals surface area contributed by atoms with E-state index in [0.717, 1.165) is 24.4 Å². The van der Waals surface area contributed by atoms with Gasteiger partial charge in [-0.15, -0.1) is 0 Å². The number of benzene rings is 1. The number of ether oxygens (including phenoxy) is 2. The third-order valence-corrected chi connectivity index (χ3v) is 4.10. The molecule has 3 rings (SSSR count).